The van der Waals surface area contributed by atoms with Crippen LogP contribution in [0.1, 0.15) is 37.7 Å². The van der Waals surface area contributed by atoms with Gasteiger partial charge in [-0.3, -0.25) is 4.79 Å². The zero-order chi connectivity index (χ0) is 15.6. The van der Waals surface area contributed by atoms with Gasteiger partial charge in [0.1, 0.15) is 10.6 Å². The molecule has 0 saturated carbocycles. The van der Waals surface area contributed by atoms with E-state index in [1.54, 1.807) is 7.05 Å². The Morgan fingerprint density at radius 3 is 2.45 bits per heavy atom. The van der Waals surface area contributed by atoms with Crippen molar-refractivity contribution in [2.24, 2.45) is 12.5 Å². The van der Waals surface area contributed by atoms with E-state index in [0.717, 1.165) is 6.42 Å². The van der Waals surface area contributed by atoms with Crippen molar-refractivity contribution in [1.82, 2.24) is 14.6 Å². The molecule has 1 amide bonds. The maximum absolute atomic E-state index is 12.0. The van der Waals surface area contributed by atoms with Crippen LogP contribution in [0.3, 0.4) is 0 Å². The number of amides is 1. The van der Waals surface area contributed by atoms with Gasteiger partial charge in [0.05, 0.1) is 0 Å². The Hall–Kier alpha value is -1.34. The summed E-state index contributed by atoms with van der Waals surface area (Å²) in [6.07, 6.45) is 2.27. The molecule has 0 radical (unpaired) electrons. The maximum atomic E-state index is 12.0. The molecule has 0 aliphatic rings. The van der Waals surface area contributed by atoms with Crippen LogP contribution in [0.25, 0.3) is 0 Å². The monoisotopic (exact) mass is 301 g/mol. The Bertz CT molecular complexity index is 582. The number of rotatable bonds is 5. The summed E-state index contributed by atoms with van der Waals surface area (Å²) in [4.78, 5) is 12.1. The average molecular weight is 301 g/mol. The molecule has 0 spiro atoms. The van der Waals surface area contributed by atoms with Crippen molar-refractivity contribution >= 4 is 15.9 Å². The van der Waals surface area contributed by atoms with Crippen LogP contribution in [0.5, 0.6) is 0 Å². The largest absolute Gasteiger partial charge is 0.351 e. The van der Waals surface area contributed by atoms with Gasteiger partial charge in [-0.05, 0) is 24.9 Å². The van der Waals surface area contributed by atoms with Crippen LogP contribution in [0.4, 0.5) is 0 Å². The van der Waals surface area contributed by atoms with Crippen molar-refractivity contribution in [3.8, 4) is 0 Å². The molecule has 1 aromatic rings. The van der Waals surface area contributed by atoms with E-state index < -0.39 is 10.0 Å². The van der Waals surface area contributed by atoms with Gasteiger partial charge < -0.3 is 9.88 Å². The van der Waals surface area contributed by atoms with Crippen molar-refractivity contribution in [2.45, 2.75) is 32.1 Å². The van der Waals surface area contributed by atoms with Crippen LogP contribution in [0.2, 0.25) is 0 Å². The second-order valence-electron chi connectivity index (χ2n) is 5.95. The third-order valence-electron chi connectivity index (χ3n) is 2.95. The Kier molecular flexibility index (Phi) is 4.99. The van der Waals surface area contributed by atoms with Crippen LogP contribution in [0.15, 0.2) is 17.2 Å². The molecular formula is C13H23N3O3S. The Labute approximate surface area is 120 Å². The van der Waals surface area contributed by atoms with Crippen molar-refractivity contribution < 1.29 is 13.2 Å². The lowest BCUT2D eigenvalue weighted by Crippen LogP contribution is -2.28. The fourth-order valence-electron chi connectivity index (χ4n) is 1.67. The van der Waals surface area contributed by atoms with E-state index in [4.69, 9.17) is 0 Å². The van der Waals surface area contributed by atoms with Crippen LogP contribution < -0.4 is 10.0 Å². The number of nitrogens with zero attached hydrogens (tertiary/aromatic N) is 1. The fraction of sp³-hybridized carbons (Fsp3) is 0.615. The number of aryl methyl sites for hydroxylation is 1. The molecule has 7 heteroatoms. The van der Waals surface area contributed by atoms with Gasteiger partial charge in [-0.25, -0.2) is 13.1 Å². The first kappa shape index (κ1) is 16.7. The summed E-state index contributed by atoms with van der Waals surface area (Å²) in [5.74, 6) is -0.269. The summed E-state index contributed by atoms with van der Waals surface area (Å²) in [6.45, 7) is 6.85. The number of sulfonamides is 1. The van der Waals surface area contributed by atoms with Crippen LogP contribution in [-0.4, -0.2) is 32.5 Å². The smallest absolute Gasteiger partial charge is 0.267 e. The van der Waals surface area contributed by atoms with Gasteiger partial charge in [0, 0.05) is 19.8 Å². The predicted octanol–water partition coefficient (Wildman–Crippen LogP) is 1.10. The summed E-state index contributed by atoms with van der Waals surface area (Å²) in [5, 5.41) is 2.80. The maximum Gasteiger partial charge on any atom is 0.267 e. The van der Waals surface area contributed by atoms with Gasteiger partial charge in [0.15, 0.2) is 0 Å². The zero-order valence-electron chi connectivity index (χ0n) is 12.6. The minimum atomic E-state index is -3.53. The molecule has 1 rings (SSSR count). The van der Waals surface area contributed by atoms with Gasteiger partial charge >= 0.3 is 0 Å². The Morgan fingerprint density at radius 2 is 1.95 bits per heavy atom. The molecule has 0 atom stereocenters. The van der Waals surface area contributed by atoms with Gasteiger partial charge in [0.25, 0.3) is 5.91 Å². The first-order chi connectivity index (χ1) is 9.07. The molecule has 1 aromatic heterocycles. The fourth-order valence-corrected chi connectivity index (χ4v) is 2.47. The average Bonchev–Trinajstić information content (AvgIpc) is 2.70. The summed E-state index contributed by atoms with van der Waals surface area (Å²) in [6, 6.07) is 1.37. The van der Waals surface area contributed by atoms with Crippen LogP contribution in [-0.2, 0) is 17.1 Å². The molecule has 6 nitrogen and oxygen atoms in total. The van der Waals surface area contributed by atoms with E-state index in [0.29, 0.717) is 12.2 Å². The minimum Gasteiger partial charge on any atom is -0.351 e. The third kappa shape index (κ3) is 4.35. The van der Waals surface area contributed by atoms with Crippen molar-refractivity contribution in [3.05, 3.63) is 18.0 Å². The molecule has 0 saturated heterocycles. The molecule has 20 heavy (non-hydrogen) atoms. The van der Waals surface area contributed by atoms with Crippen LogP contribution in [0, 0.1) is 5.41 Å². The van der Waals surface area contributed by atoms with E-state index in [2.05, 4.69) is 30.8 Å². The molecule has 0 aliphatic carbocycles. The highest BCUT2D eigenvalue weighted by atomic mass is 32.2. The summed E-state index contributed by atoms with van der Waals surface area (Å²) in [5.41, 5.74) is 0.468. The third-order valence-corrected chi connectivity index (χ3v) is 4.33. The molecule has 0 aromatic carbocycles. The van der Waals surface area contributed by atoms with Gasteiger partial charge in [-0.2, -0.15) is 0 Å². The lowest BCUT2D eigenvalue weighted by atomic mass is 9.92. The zero-order valence-corrected chi connectivity index (χ0v) is 13.5. The number of nitrogens with one attached hydrogen (secondary N) is 2. The molecule has 0 aliphatic heterocycles. The number of carbonyl (C=O) groups is 1. The van der Waals surface area contributed by atoms with Crippen LogP contribution >= 0.6 is 0 Å². The van der Waals surface area contributed by atoms with Crippen molar-refractivity contribution in [1.29, 1.82) is 0 Å². The second kappa shape index (κ2) is 5.97. The normalized spacial score (nSPS) is 12.4. The van der Waals surface area contributed by atoms with E-state index in [1.807, 2.05) is 0 Å². The SMILES string of the molecule is CNS(=O)(=O)c1cc(C(=O)NCCC(C)(C)C)n(C)c1. The standard InChI is InChI=1S/C13H23N3O3S/c1-13(2,3)6-7-15-12(17)11-8-10(9-16(11)5)20(18,19)14-4/h8-9,14H,6-7H2,1-5H3,(H,15,17). The van der Waals surface area contributed by atoms with Gasteiger partial charge in [-0.15, -0.1) is 0 Å². The first-order valence-corrected chi connectivity index (χ1v) is 7.93. The highest BCUT2D eigenvalue weighted by Crippen LogP contribution is 2.17. The topological polar surface area (TPSA) is 80.2 Å². The molecule has 0 unspecified atom stereocenters. The number of carbonyl (C=O) groups excluding carboxylic acids is 1. The number of hydrogen-bond donors (Lipinski definition) is 2. The van der Waals surface area contributed by atoms with Gasteiger partial charge in [0.2, 0.25) is 10.0 Å². The number of aromatic nitrogens is 1. The van der Waals surface area contributed by atoms with Crippen molar-refractivity contribution in [3.63, 3.8) is 0 Å². The highest BCUT2D eigenvalue weighted by molar-refractivity contribution is 7.89. The molecular weight excluding hydrogens is 278 g/mol. The summed E-state index contributed by atoms with van der Waals surface area (Å²) in [7, 11) is -0.543. The Morgan fingerprint density at radius 1 is 1.35 bits per heavy atom. The summed E-state index contributed by atoms with van der Waals surface area (Å²) < 4.78 is 27.1. The first-order valence-electron chi connectivity index (χ1n) is 6.45. The number of hydrogen-bond acceptors (Lipinski definition) is 3. The quantitative estimate of drug-likeness (QED) is 0.854. The lowest BCUT2D eigenvalue weighted by Gasteiger charge is -2.18. The molecule has 2 N–H and O–H groups in total. The Balaban J connectivity index is 2.80. The lowest BCUT2D eigenvalue weighted by molar-refractivity contribution is 0.0941. The van der Waals surface area contributed by atoms with Gasteiger partial charge in [-0.1, -0.05) is 20.8 Å². The van der Waals surface area contributed by atoms with E-state index >= 15 is 0 Å². The van der Waals surface area contributed by atoms with E-state index in [9.17, 15) is 13.2 Å². The summed E-state index contributed by atoms with van der Waals surface area (Å²) >= 11 is 0. The highest BCUT2D eigenvalue weighted by Gasteiger charge is 2.19. The second-order valence-corrected chi connectivity index (χ2v) is 7.83. The molecule has 0 fully saturated rings. The predicted molar refractivity (Wildman–Crippen MR) is 78.1 cm³/mol. The van der Waals surface area contributed by atoms with E-state index in [1.165, 1.54) is 23.9 Å². The molecule has 1 heterocycles. The minimum absolute atomic E-state index is 0.0865. The van der Waals surface area contributed by atoms with E-state index in [-0.39, 0.29) is 16.2 Å². The molecule has 114 valence electrons. The molecule has 0 bridgehead atoms. The van der Waals surface area contributed by atoms with Crippen molar-refractivity contribution in [2.75, 3.05) is 13.6 Å².